The molecule has 0 aliphatic carbocycles. The topological polar surface area (TPSA) is 12.0 Å². The molecule has 1 aromatic carbocycles. The molecule has 112 valence electrons. The molecule has 0 amide bonds. The molecule has 0 saturated carbocycles. The molecule has 1 aliphatic rings. The number of hydrogen-bond donors (Lipinski definition) is 1. The Labute approximate surface area is 129 Å². The van der Waals surface area contributed by atoms with E-state index in [0.717, 1.165) is 24.0 Å². The maximum absolute atomic E-state index is 12.8. The van der Waals surface area contributed by atoms with Gasteiger partial charge in [0.2, 0.25) is 0 Å². The molecular formula is C14H17BrF3NS. The monoisotopic (exact) mass is 367 g/mol. The second kappa shape index (κ2) is 5.79. The van der Waals surface area contributed by atoms with E-state index in [-0.39, 0.29) is 11.5 Å². The predicted octanol–water partition coefficient (Wildman–Crippen LogP) is 5.41. The zero-order chi connectivity index (χ0) is 15.0. The minimum Gasteiger partial charge on any atom is -0.381 e. The molecule has 1 fully saturated rings. The second-order valence-corrected chi connectivity index (χ2v) is 7.80. The van der Waals surface area contributed by atoms with Crippen LogP contribution < -0.4 is 5.32 Å². The summed E-state index contributed by atoms with van der Waals surface area (Å²) in [6.07, 6.45) is -3.26. The minimum absolute atomic E-state index is 0.0892. The molecule has 0 aromatic heterocycles. The second-order valence-electron chi connectivity index (χ2n) is 5.74. The normalized spacial score (nSPS) is 22.6. The first kappa shape index (κ1) is 16.0. The first-order valence-corrected chi connectivity index (χ1v) is 8.35. The summed E-state index contributed by atoms with van der Waals surface area (Å²) < 4.78 is 38.9. The van der Waals surface area contributed by atoms with Gasteiger partial charge in [-0.05, 0) is 35.8 Å². The van der Waals surface area contributed by atoms with Crippen LogP contribution in [-0.4, -0.2) is 17.5 Å². The van der Waals surface area contributed by atoms with Crippen LogP contribution in [0.25, 0.3) is 0 Å². The number of rotatable bonds is 2. The van der Waals surface area contributed by atoms with Crippen molar-refractivity contribution < 1.29 is 13.2 Å². The molecule has 1 unspecified atom stereocenters. The average molecular weight is 368 g/mol. The fourth-order valence-corrected chi connectivity index (χ4v) is 4.31. The summed E-state index contributed by atoms with van der Waals surface area (Å²) in [7, 11) is 0. The van der Waals surface area contributed by atoms with Crippen LogP contribution >= 0.6 is 27.7 Å². The summed E-state index contributed by atoms with van der Waals surface area (Å²) >= 11 is 5.00. The molecule has 20 heavy (non-hydrogen) atoms. The van der Waals surface area contributed by atoms with Crippen LogP contribution in [0.2, 0.25) is 0 Å². The Balaban J connectivity index is 2.23. The van der Waals surface area contributed by atoms with Gasteiger partial charge in [-0.25, -0.2) is 0 Å². The third-order valence-corrected chi connectivity index (χ3v) is 5.20. The van der Waals surface area contributed by atoms with Gasteiger partial charge < -0.3 is 5.32 Å². The van der Waals surface area contributed by atoms with Crippen LogP contribution in [0.1, 0.15) is 25.8 Å². The van der Waals surface area contributed by atoms with Crippen LogP contribution in [0, 0.1) is 5.41 Å². The number of nitrogens with one attached hydrogen (secondary N) is 1. The van der Waals surface area contributed by atoms with E-state index in [1.54, 1.807) is 6.07 Å². The van der Waals surface area contributed by atoms with Crippen LogP contribution in [0.15, 0.2) is 22.7 Å². The molecule has 1 aromatic rings. The van der Waals surface area contributed by atoms with E-state index in [1.165, 1.54) is 6.07 Å². The predicted molar refractivity (Wildman–Crippen MR) is 82.3 cm³/mol. The highest BCUT2D eigenvalue weighted by molar-refractivity contribution is 9.10. The zero-order valence-electron chi connectivity index (χ0n) is 11.4. The highest BCUT2D eigenvalue weighted by Gasteiger charge is 2.34. The van der Waals surface area contributed by atoms with E-state index in [4.69, 9.17) is 0 Å². The third-order valence-electron chi connectivity index (χ3n) is 3.68. The SMILES string of the molecule is CC1(C)CCSCC1Nc1cc(Br)cc(C(F)(F)F)c1. The lowest BCUT2D eigenvalue weighted by atomic mass is 9.82. The van der Waals surface area contributed by atoms with Gasteiger partial charge in [-0.3, -0.25) is 0 Å². The molecule has 0 bridgehead atoms. The summed E-state index contributed by atoms with van der Waals surface area (Å²) in [6, 6.07) is 4.16. The lowest BCUT2D eigenvalue weighted by Crippen LogP contribution is -2.41. The lowest BCUT2D eigenvalue weighted by Gasteiger charge is -2.39. The van der Waals surface area contributed by atoms with Crippen LogP contribution in [0.4, 0.5) is 18.9 Å². The van der Waals surface area contributed by atoms with Crippen molar-refractivity contribution in [1.29, 1.82) is 0 Å². The number of alkyl halides is 3. The van der Waals surface area contributed by atoms with Crippen molar-refractivity contribution >= 4 is 33.4 Å². The standard InChI is InChI=1S/C14H17BrF3NS/c1-13(2)3-4-20-8-12(13)19-11-6-9(14(16,17)18)5-10(15)7-11/h5-7,12,19H,3-4,8H2,1-2H3. The summed E-state index contributed by atoms with van der Waals surface area (Å²) in [5, 5.41) is 3.27. The van der Waals surface area contributed by atoms with Crippen molar-refractivity contribution in [3.8, 4) is 0 Å². The number of anilines is 1. The summed E-state index contributed by atoms with van der Waals surface area (Å²) in [6.45, 7) is 4.32. The van der Waals surface area contributed by atoms with E-state index in [0.29, 0.717) is 10.2 Å². The highest BCUT2D eigenvalue weighted by atomic mass is 79.9. The largest absolute Gasteiger partial charge is 0.416 e. The quantitative estimate of drug-likeness (QED) is 0.749. The number of thioether (sulfide) groups is 1. The Morgan fingerprint density at radius 3 is 2.60 bits per heavy atom. The average Bonchev–Trinajstić information content (AvgIpc) is 2.30. The van der Waals surface area contributed by atoms with E-state index in [2.05, 4.69) is 35.1 Å². The van der Waals surface area contributed by atoms with Crippen molar-refractivity contribution in [3.63, 3.8) is 0 Å². The molecule has 1 heterocycles. The molecule has 1 saturated heterocycles. The van der Waals surface area contributed by atoms with Crippen molar-refractivity contribution in [3.05, 3.63) is 28.2 Å². The van der Waals surface area contributed by atoms with Crippen molar-refractivity contribution in [1.82, 2.24) is 0 Å². The van der Waals surface area contributed by atoms with E-state index in [9.17, 15) is 13.2 Å². The van der Waals surface area contributed by atoms with Gasteiger partial charge in [0, 0.05) is 22.0 Å². The highest BCUT2D eigenvalue weighted by Crippen LogP contribution is 2.38. The first-order chi connectivity index (χ1) is 9.18. The summed E-state index contributed by atoms with van der Waals surface area (Å²) in [5.41, 5.74) is -0.0192. The van der Waals surface area contributed by atoms with Gasteiger partial charge in [0.1, 0.15) is 0 Å². The van der Waals surface area contributed by atoms with Gasteiger partial charge in [0.15, 0.2) is 0 Å². The molecule has 2 rings (SSSR count). The Kier molecular flexibility index (Phi) is 4.64. The number of halogens is 4. The van der Waals surface area contributed by atoms with Crippen LogP contribution in [0.3, 0.4) is 0 Å². The van der Waals surface area contributed by atoms with E-state index in [1.807, 2.05) is 11.8 Å². The molecule has 1 nitrogen and oxygen atoms in total. The molecular weight excluding hydrogens is 351 g/mol. The van der Waals surface area contributed by atoms with Gasteiger partial charge in [-0.1, -0.05) is 29.8 Å². The maximum Gasteiger partial charge on any atom is 0.416 e. The molecule has 0 spiro atoms. The van der Waals surface area contributed by atoms with Gasteiger partial charge in [-0.2, -0.15) is 24.9 Å². The minimum atomic E-state index is -4.32. The maximum atomic E-state index is 12.8. The molecule has 6 heteroatoms. The van der Waals surface area contributed by atoms with Crippen molar-refractivity contribution in [2.45, 2.75) is 32.5 Å². The Bertz CT molecular complexity index is 488. The zero-order valence-corrected chi connectivity index (χ0v) is 13.8. The smallest absolute Gasteiger partial charge is 0.381 e. The number of benzene rings is 1. The Hall–Kier alpha value is -0.360. The van der Waals surface area contributed by atoms with Crippen LogP contribution in [-0.2, 0) is 6.18 Å². The molecule has 1 N–H and O–H groups in total. The Morgan fingerprint density at radius 2 is 2.00 bits per heavy atom. The van der Waals surface area contributed by atoms with Gasteiger partial charge in [-0.15, -0.1) is 0 Å². The Morgan fingerprint density at radius 1 is 1.30 bits per heavy atom. The number of hydrogen-bond acceptors (Lipinski definition) is 2. The summed E-state index contributed by atoms with van der Waals surface area (Å²) in [4.78, 5) is 0. The van der Waals surface area contributed by atoms with Gasteiger partial charge >= 0.3 is 6.18 Å². The lowest BCUT2D eigenvalue weighted by molar-refractivity contribution is -0.137. The fourth-order valence-electron chi connectivity index (χ4n) is 2.21. The molecule has 1 atom stereocenters. The molecule has 1 aliphatic heterocycles. The van der Waals surface area contributed by atoms with Crippen molar-refractivity contribution in [2.75, 3.05) is 16.8 Å². The van der Waals surface area contributed by atoms with Gasteiger partial charge in [0.05, 0.1) is 5.56 Å². The van der Waals surface area contributed by atoms with Gasteiger partial charge in [0.25, 0.3) is 0 Å². The summed E-state index contributed by atoms with van der Waals surface area (Å²) in [5.74, 6) is 2.03. The van der Waals surface area contributed by atoms with Crippen molar-refractivity contribution in [2.24, 2.45) is 5.41 Å². The molecule has 0 radical (unpaired) electrons. The first-order valence-electron chi connectivity index (χ1n) is 6.40. The fraction of sp³-hybridized carbons (Fsp3) is 0.571. The third kappa shape index (κ3) is 3.85. The van der Waals surface area contributed by atoms with E-state index >= 15 is 0 Å². The van der Waals surface area contributed by atoms with Crippen LogP contribution in [0.5, 0.6) is 0 Å². The van der Waals surface area contributed by atoms with E-state index < -0.39 is 11.7 Å².